The minimum Gasteiger partial charge on any atom is -0.481 e. The van der Waals surface area contributed by atoms with Crippen molar-refractivity contribution in [1.82, 2.24) is 20.0 Å². The van der Waals surface area contributed by atoms with Gasteiger partial charge in [0.05, 0.1) is 12.1 Å². The SMILES string of the molecule is CCc1nn(C)cc1CNC(=O)N1CCCC1CC(=O)O. The Morgan fingerprint density at radius 1 is 1.52 bits per heavy atom. The van der Waals surface area contributed by atoms with Gasteiger partial charge < -0.3 is 15.3 Å². The molecule has 7 nitrogen and oxygen atoms in total. The van der Waals surface area contributed by atoms with Crippen LogP contribution in [-0.2, 0) is 24.8 Å². The Kier molecular flexibility index (Phi) is 4.82. The van der Waals surface area contributed by atoms with E-state index >= 15 is 0 Å². The molecular weight excluding hydrogens is 272 g/mol. The Morgan fingerprint density at radius 3 is 2.95 bits per heavy atom. The van der Waals surface area contributed by atoms with E-state index < -0.39 is 5.97 Å². The van der Waals surface area contributed by atoms with Crippen LogP contribution in [0.4, 0.5) is 4.79 Å². The predicted molar refractivity (Wildman–Crippen MR) is 76.8 cm³/mol. The van der Waals surface area contributed by atoms with Gasteiger partial charge in [0, 0.05) is 37.9 Å². The summed E-state index contributed by atoms with van der Waals surface area (Å²) < 4.78 is 1.74. The number of nitrogens with zero attached hydrogens (tertiary/aromatic N) is 3. The van der Waals surface area contributed by atoms with E-state index in [1.165, 1.54) is 0 Å². The molecule has 1 aliphatic heterocycles. The van der Waals surface area contributed by atoms with Gasteiger partial charge in [-0.25, -0.2) is 4.79 Å². The average molecular weight is 294 g/mol. The van der Waals surface area contributed by atoms with Gasteiger partial charge in [-0.3, -0.25) is 9.48 Å². The lowest BCUT2D eigenvalue weighted by Crippen LogP contribution is -2.43. The van der Waals surface area contributed by atoms with Crippen molar-refractivity contribution in [2.75, 3.05) is 6.54 Å². The van der Waals surface area contributed by atoms with Gasteiger partial charge in [0.1, 0.15) is 0 Å². The van der Waals surface area contributed by atoms with E-state index in [1.807, 2.05) is 20.2 Å². The Bertz CT molecular complexity index is 526. The quantitative estimate of drug-likeness (QED) is 0.852. The number of likely N-dealkylation sites (tertiary alicyclic amines) is 1. The molecule has 0 spiro atoms. The molecule has 116 valence electrons. The van der Waals surface area contributed by atoms with Gasteiger partial charge in [-0.1, -0.05) is 6.92 Å². The van der Waals surface area contributed by atoms with Crippen molar-refractivity contribution in [2.45, 2.75) is 45.2 Å². The zero-order valence-electron chi connectivity index (χ0n) is 12.5. The number of carboxylic acid groups (broad SMARTS) is 1. The molecule has 0 radical (unpaired) electrons. The molecule has 7 heteroatoms. The third-order valence-corrected chi connectivity index (χ3v) is 3.80. The molecule has 0 saturated carbocycles. The van der Waals surface area contributed by atoms with Crippen LogP contribution in [0.3, 0.4) is 0 Å². The lowest BCUT2D eigenvalue weighted by Gasteiger charge is -2.23. The minimum absolute atomic E-state index is 0.0144. The van der Waals surface area contributed by atoms with Crippen LogP contribution >= 0.6 is 0 Å². The summed E-state index contributed by atoms with van der Waals surface area (Å²) in [5.74, 6) is -0.861. The first kappa shape index (κ1) is 15.3. The highest BCUT2D eigenvalue weighted by atomic mass is 16.4. The number of nitrogens with one attached hydrogen (secondary N) is 1. The molecule has 1 aromatic heterocycles. The van der Waals surface area contributed by atoms with Crippen LogP contribution in [0, 0.1) is 0 Å². The lowest BCUT2D eigenvalue weighted by molar-refractivity contribution is -0.137. The predicted octanol–water partition coefficient (Wildman–Crippen LogP) is 1.13. The highest BCUT2D eigenvalue weighted by molar-refractivity contribution is 5.76. The molecule has 1 aromatic rings. The van der Waals surface area contributed by atoms with Crippen molar-refractivity contribution in [1.29, 1.82) is 0 Å². The first-order valence-electron chi connectivity index (χ1n) is 7.29. The summed E-state index contributed by atoms with van der Waals surface area (Å²) in [5.41, 5.74) is 1.98. The number of amides is 2. The van der Waals surface area contributed by atoms with Crippen molar-refractivity contribution < 1.29 is 14.7 Å². The van der Waals surface area contributed by atoms with Crippen LogP contribution in [0.5, 0.6) is 0 Å². The van der Waals surface area contributed by atoms with E-state index in [2.05, 4.69) is 10.4 Å². The van der Waals surface area contributed by atoms with Gasteiger partial charge in [0.15, 0.2) is 0 Å². The number of carbonyl (C=O) groups is 2. The average Bonchev–Trinajstić information content (AvgIpc) is 3.01. The summed E-state index contributed by atoms with van der Waals surface area (Å²) in [6, 6.07) is -0.383. The molecule has 0 aromatic carbocycles. The third kappa shape index (κ3) is 3.74. The topological polar surface area (TPSA) is 87.5 Å². The van der Waals surface area contributed by atoms with Crippen LogP contribution in [0.15, 0.2) is 6.20 Å². The summed E-state index contributed by atoms with van der Waals surface area (Å²) >= 11 is 0. The number of rotatable bonds is 5. The standard InChI is InChI=1S/C14H22N4O3/c1-3-12-10(9-17(2)16-12)8-15-14(21)18-6-4-5-11(18)7-13(19)20/h9,11H,3-8H2,1-2H3,(H,15,21)(H,19,20). The van der Waals surface area contributed by atoms with Gasteiger partial charge in [-0.15, -0.1) is 0 Å². The molecular formula is C14H22N4O3. The molecule has 1 aliphatic rings. The maximum absolute atomic E-state index is 12.2. The number of aryl methyl sites for hydroxylation is 2. The zero-order valence-corrected chi connectivity index (χ0v) is 12.5. The summed E-state index contributed by atoms with van der Waals surface area (Å²) in [7, 11) is 1.86. The fourth-order valence-electron chi connectivity index (χ4n) is 2.82. The number of urea groups is 1. The van der Waals surface area contributed by atoms with Crippen LogP contribution < -0.4 is 5.32 Å². The normalized spacial score (nSPS) is 18.0. The van der Waals surface area contributed by atoms with E-state index in [0.717, 1.165) is 30.5 Å². The first-order chi connectivity index (χ1) is 10.0. The van der Waals surface area contributed by atoms with Crippen LogP contribution in [0.2, 0.25) is 0 Å². The molecule has 2 heterocycles. The number of hydrogen-bond acceptors (Lipinski definition) is 3. The van der Waals surface area contributed by atoms with Gasteiger partial charge >= 0.3 is 12.0 Å². The molecule has 2 amide bonds. The van der Waals surface area contributed by atoms with Crippen molar-refractivity contribution in [3.63, 3.8) is 0 Å². The largest absolute Gasteiger partial charge is 0.481 e. The molecule has 1 saturated heterocycles. The van der Waals surface area contributed by atoms with Gasteiger partial charge in [-0.2, -0.15) is 5.10 Å². The highest BCUT2D eigenvalue weighted by Gasteiger charge is 2.30. The second-order valence-corrected chi connectivity index (χ2v) is 5.37. The summed E-state index contributed by atoms with van der Waals surface area (Å²) in [5, 5.41) is 16.1. The fraction of sp³-hybridized carbons (Fsp3) is 0.643. The van der Waals surface area contributed by atoms with Crippen molar-refractivity contribution in [2.24, 2.45) is 7.05 Å². The smallest absolute Gasteiger partial charge is 0.317 e. The summed E-state index contributed by atoms with van der Waals surface area (Å²) in [6.45, 7) is 3.07. The Hall–Kier alpha value is -2.05. The zero-order chi connectivity index (χ0) is 15.4. The number of carbonyl (C=O) groups excluding carboxylic acids is 1. The van der Waals surface area contributed by atoms with E-state index in [-0.39, 0.29) is 18.5 Å². The van der Waals surface area contributed by atoms with Gasteiger partial charge in [0.25, 0.3) is 0 Å². The van der Waals surface area contributed by atoms with E-state index in [9.17, 15) is 9.59 Å². The summed E-state index contributed by atoms with van der Waals surface area (Å²) in [6.07, 6.45) is 4.35. The Balaban J connectivity index is 1.93. The van der Waals surface area contributed by atoms with Gasteiger partial charge in [0.2, 0.25) is 0 Å². The fourth-order valence-corrected chi connectivity index (χ4v) is 2.82. The van der Waals surface area contributed by atoms with E-state index in [0.29, 0.717) is 13.1 Å². The first-order valence-corrected chi connectivity index (χ1v) is 7.29. The third-order valence-electron chi connectivity index (χ3n) is 3.80. The minimum atomic E-state index is -0.861. The Morgan fingerprint density at radius 2 is 2.29 bits per heavy atom. The van der Waals surface area contributed by atoms with Crippen molar-refractivity contribution >= 4 is 12.0 Å². The number of aromatic nitrogens is 2. The molecule has 1 atom stereocenters. The molecule has 0 aliphatic carbocycles. The second kappa shape index (κ2) is 6.60. The number of carboxylic acids is 1. The van der Waals surface area contributed by atoms with Crippen LogP contribution in [0.25, 0.3) is 0 Å². The maximum atomic E-state index is 12.2. The van der Waals surface area contributed by atoms with E-state index in [4.69, 9.17) is 5.11 Å². The number of hydrogen-bond donors (Lipinski definition) is 2. The molecule has 0 bridgehead atoms. The lowest BCUT2D eigenvalue weighted by atomic mass is 10.1. The molecule has 2 rings (SSSR count). The Labute approximate surface area is 123 Å². The maximum Gasteiger partial charge on any atom is 0.317 e. The van der Waals surface area contributed by atoms with Crippen molar-refractivity contribution in [3.8, 4) is 0 Å². The van der Waals surface area contributed by atoms with E-state index in [1.54, 1.807) is 9.58 Å². The van der Waals surface area contributed by atoms with Gasteiger partial charge in [-0.05, 0) is 19.3 Å². The second-order valence-electron chi connectivity index (χ2n) is 5.37. The van der Waals surface area contributed by atoms with Crippen LogP contribution in [0.1, 0.15) is 37.4 Å². The number of aliphatic carboxylic acids is 1. The van der Waals surface area contributed by atoms with Crippen molar-refractivity contribution in [3.05, 3.63) is 17.5 Å². The van der Waals surface area contributed by atoms with Crippen LogP contribution in [-0.4, -0.2) is 44.4 Å². The summed E-state index contributed by atoms with van der Waals surface area (Å²) in [4.78, 5) is 24.7. The molecule has 1 fully saturated rings. The molecule has 21 heavy (non-hydrogen) atoms. The molecule has 1 unspecified atom stereocenters. The monoisotopic (exact) mass is 294 g/mol. The molecule has 2 N–H and O–H groups in total. The highest BCUT2D eigenvalue weighted by Crippen LogP contribution is 2.20.